The average molecular weight is 340 g/mol. The Hall–Kier alpha value is -1.13. The van der Waals surface area contributed by atoms with Crippen molar-refractivity contribution in [1.29, 1.82) is 0 Å². The van der Waals surface area contributed by atoms with Gasteiger partial charge in [-0.15, -0.1) is 0 Å². The van der Waals surface area contributed by atoms with Gasteiger partial charge in [-0.2, -0.15) is 17.5 Å². The largest absolute Gasteiger partial charge is 0.401 e. The third-order valence-electron chi connectivity index (χ3n) is 3.64. The van der Waals surface area contributed by atoms with E-state index in [0.29, 0.717) is 12.2 Å². The lowest BCUT2D eigenvalue weighted by Gasteiger charge is -2.22. The zero-order valence-electron chi connectivity index (χ0n) is 12.5. The molecule has 0 amide bonds. The number of sulfonamides is 1. The van der Waals surface area contributed by atoms with Crippen molar-refractivity contribution >= 4 is 10.0 Å². The van der Waals surface area contributed by atoms with Crippen molar-refractivity contribution in [2.45, 2.75) is 24.5 Å². The van der Waals surface area contributed by atoms with Gasteiger partial charge in [0.2, 0.25) is 0 Å². The van der Waals surface area contributed by atoms with Crippen LogP contribution in [0.4, 0.5) is 13.2 Å². The standard InChI is InChI=1S/C12H19F3N4O2S/c1-10-16-11(8-17(10)2)22(20,21)19-5-3-4-18(6-7-19)9-12(13,14)15/h8H,3-7,9H2,1-2H3. The van der Waals surface area contributed by atoms with Crippen molar-refractivity contribution in [3.8, 4) is 0 Å². The van der Waals surface area contributed by atoms with Crippen molar-refractivity contribution in [3.63, 3.8) is 0 Å². The first-order chi connectivity index (χ1) is 10.1. The summed E-state index contributed by atoms with van der Waals surface area (Å²) in [6, 6.07) is 0. The van der Waals surface area contributed by atoms with Crippen LogP contribution >= 0.6 is 0 Å². The molecule has 0 aromatic carbocycles. The molecule has 2 heterocycles. The summed E-state index contributed by atoms with van der Waals surface area (Å²) < 4.78 is 65.1. The molecular formula is C12H19F3N4O2S. The molecule has 126 valence electrons. The second kappa shape index (κ2) is 6.17. The van der Waals surface area contributed by atoms with E-state index in [-0.39, 0.29) is 31.2 Å². The quantitative estimate of drug-likeness (QED) is 0.823. The zero-order valence-corrected chi connectivity index (χ0v) is 13.3. The van der Waals surface area contributed by atoms with Crippen molar-refractivity contribution in [2.24, 2.45) is 7.05 Å². The third-order valence-corrected chi connectivity index (χ3v) is 5.41. The molecule has 6 nitrogen and oxygen atoms in total. The molecule has 0 radical (unpaired) electrons. The fourth-order valence-corrected chi connectivity index (χ4v) is 3.88. The van der Waals surface area contributed by atoms with E-state index in [1.165, 1.54) is 15.4 Å². The van der Waals surface area contributed by atoms with Gasteiger partial charge in [0.1, 0.15) is 5.82 Å². The predicted molar refractivity (Wildman–Crippen MR) is 73.8 cm³/mol. The summed E-state index contributed by atoms with van der Waals surface area (Å²) >= 11 is 0. The van der Waals surface area contributed by atoms with Crippen LogP contribution in [0, 0.1) is 6.92 Å². The number of aryl methyl sites for hydroxylation is 2. The Bertz CT molecular complexity index is 607. The van der Waals surface area contributed by atoms with Crippen molar-refractivity contribution in [2.75, 3.05) is 32.7 Å². The first kappa shape index (κ1) is 17.2. The first-order valence-electron chi connectivity index (χ1n) is 6.89. The summed E-state index contributed by atoms with van der Waals surface area (Å²) in [5.41, 5.74) is 0. The van der Waals surface area contributed by atoms with Gasteiger partial charge in [-0.05, 0) is 19.9 Å². The lowest BCUT2D eigenvalue weighted by Crippen LogP contribution is -2.38. The van der Waals surface area contributed by atoms with Crippen molar-refractivity contribution in [1.82, 2.24) is 18.8 Å². The van der Waals surface area contributed by atoms with E-state index < -0.39 is 22.7 Å². The van der Waals surface area contributed by atoms with Crippen molar-refractivity contribution in [3.05, 3.63) is 12.0 Å². The van der Waals surface area contributed by atoms with Crippen LogP contribution in [0.5, 0.6) is 0 Å². The lowest BCUT2D eigenvalue weighted by molar-refractivity contribution is -0.145. The Balaban J connectivity index is 2.10. The van der Waals surface area contributed by atoms with Crippen molar-refractivity contribution < 1.29 is 21.6 Å². The molecule has 0 aliphatic carbocycles. The van der Waals surface area contributed by atoms with Crippen LogP contribution in [0.3, 0.4) is 0 Å². The normalized spacial score (nSPS) is 19.3. The van der Waals surface area contributed by atoms with Crippen LogP contribution in [-0.4, -0.2) is 66.1 Å². The maximum atomic E-state index is 12.5. The van der Waals surface area contributed by atoms with Gasteiger partial charge >= 0.3 is 6.18 Å². The fourth-order valence-electron chi connectivity index (χ4n) is 2.38. The maximum Gasteiger partial charge on any atom is 0.401 e. The topological polar surface area (TPSA) is 58.4 Å². The van der Waals surface area contributed by atoms with Crippen LogP contribution in [0.1, 0.15) is 12.2 Å². The molecule has 0 bridgehead atoms. The zero-order chi connectivity index (χ0) is 16.5. The number of imidazole rings is 1. The highest BCUT2D eigenvalue weighted by Crippen LogP contribution is 2.20. The molecule has 0 unspecified atom stereocenters. The molecular weight excluding hydrogens is 321 g/mol. The molecule has 1 aliphatic rings. The van der Waals surface area contributed by atoms with E-state index >= 15 is 0 Å². The monoisotopic (exact) mass is 340 g/mol. The van der Waals surface area contributed by atoms with Crippen LogP contribution in [0.2, 0.25) is 0 Å². The number of nitrogens with zero attached hydrogens (tertiary/aromatic N) is 4. The molecule has 0 spiro atoms. The minimum Gasteiger partial charge on any atom is -0.337 e. The van der Waals surface area contributed by atoms with Crippen LogP contribution in [0.25, 0.3) is 0 Å². The number of rotatable bonds is 3. The molecule has 0 N–H and O–H groups in total. The summed E-state index contributed by atoms with van der Waals surface area (Å²) in [6.45, 7) is 1.20. The number of halogens is 3. The number of hydrogen-bond acceptors (Lipinski definition) is 4. The summed E-state index contributed by atoms with van der Waals surface area (Å²) in [7, 11) is -2.07. The molecule has 2 rings (SSSR count). The second-order valence-corrected chi connectivity index (χ2v) is 7.27. The molecule has 10 heteroatoms. The molecule has 1 saturated heterocycles. The third kappa shape index (κ3) is 3.99. The van der Waals surface area contributed by atoms with E-state index in [2.05, 4.69) is 4.98 Å². The molecule has 22 heavy (non-hydrogen) atoms. The van der Waals surface area contributed by atoms with Gasteiger partial charge in [0.25, 0.3) is 10.0 Å². The Morgan fingerprint density at radius 2 is 1.91 bits per heavy atom. The average Bonchev–Trinajstić information content (AvgIpc) is 2.60. The van der Waals surface area contributed by atoms with Gasteiger partial charge in [0, 0.05) is 32.9 Å². The van der Waals surface area contributed by atoms with Gasteiger partial charge in [0.15, 0.2) is 5.03 Å². The van der Waals surface area contributed by atoms with Gasteiger partial charge in [-0.3, -0.25) is 4.90 Å². The van der Waals surface area contributed by atoms with Crippen LogP contribution in [-0.2, 0) is 17.1 Å². The summed E-state index contributed by atoms with van der Waals surface area (Å²) in [5.74, 6) is 0.562. The Morgan fingerprint density at radius 1 is 1.23 bits per heavy atom. The van der Waals surface area contributed by atoms with Gasteiger partial charge in [0.05, 0.1) is 6.54 Å². The highest BCUT2D eigenvalue weighted by Gasteiger charge is 2.34. The Kier molecular flexibility index (Phi) is 4.83. The van der Waals surface area contributed by atoms with Crippen LogP contribution < -0.4 is 0 Å². The summed E-state index contributed by atoms with van der Waals surface area (Å²) in [5, 5.41) is -0.0585. The van der Waals surface area contributed by atoms with E-state index in [1.54, 1.807) is 18.5 Å². The molecule has 0 saturated carbocycles. The smallest absolute Gasteiger partial charge is 0.337 e. The van der Waals surface area contributed by atoms with Gasteiger partial charge in [-0.1, -0.05) is 0 Å². The first-order valence-corrected chi connectivity index (χ1v) is 8.33. The molecule has 1 aromatic heterocycles. The minimum atomic E-state index is -4.27. The lowest BCUT2D eigenvalue weighted by atomic mass is 10.4. The van der Waals surface area contributed by atoms with Gasteiger partial charge < -0.3 is 4.57 Å². The SMILES string of the molecule is Cc1nc(S(=O)(=O)N2CCCN(CC(F)(F)F)CC2)cn1C. The number of hydrogen-bond donors (Lipinski definition) is 0. The molecule has 1 fully saturated rings. The van der Waals surface area contributed by atoms with E-state index in [9.17, 15) is 21.6 Å². The number of alkyl halides is 3. The van der Waals surface area contributed by atoms with Crippen LogP contribution in [0.15, 0.2) is 11.2 Å². The fraction of sp³-hybridized carbons (Fsp3) is 0.750. The predicted octanol–water partition coefficient (Wildman–Crippen LogP) is 0.987. The Labute approximate surface area is 127 Å². The second-order valence-electron chi connectivity index (χ2n) is 5.39. The number of aromatic nitrogens is 2. The molecule has 1 aromatic rings. The van der Waals surface area contributed by atoms with E-state index in [1.807, 2.05) is 0 Å². The van der Waals surface area contributed by atoms with E-state index in [4.69, 9.17) is 0 Å². The summed E-state index contributed by atoms with van der Waals surface area (Å²) in [4.78, 5) is 5.24. The Morgan fingerprint density at radius 3 is 2.45 bits per heavy atom. The maximum absolute atomic E-state index is 12.5. The van der Waals surface area contributed by atoms with Gasteiger partial charge in [-0.25, -0.2) is 13.4 Å². The summed E-state index contributed by atoms with van der Waals surface area (Å²) in [6.07, 6.45) is -2.49. The molecule has 1 aliphatic heterocycles. The minimum absolute atomic E-state index is 0.0357. The molecule has 0 atom stereocenters. The highest BCUT2D eigenvalue weighted by molar-refractivity contribution is 7.89. The van der Waals surface area contributed by atoms with E-state index in [0.717, 1.165) is 0 Å². The highest BCUT2D eigenvalue weighted by atomic mass is 32.2.